The van der Waals surface area contributed by atoms with Crippen molar-refractivity contribution in [1.82, 2.24) is 0 Å². The predicted octanol–water partition coefficient (Wildman–Crippen LogP) is 5.26. The minimum absolute atomic E-state index is 0.0267. The van der Waals surface area contributed by atoms with Crippen molar-refractivity contribution in [2.75, 3.05) is 0 Å². The van der Waals surface area contributed by atoms with Crippen LogP contribution in [0.25, 0.3) is 0 Å². The minimum Gasteiger partial charge on any atom is -0.872 e. The lowest BCUT2D eigenvalue weighted by Gasteiger charge is -2.33. The number of hydrogen-bond donors (Lipinski definition) is 0. The van der Waals surface area contributed by atoms with Gasteiger partial charge in [0.2, 0.25) is 5.78 Å². The third-order valence-electron chi connectivity index (χ3n) is 3.93. The van der Waals surface area contributed by atoms with Gasteiger partial charge in [-0.2, -0.15) is 0 Å². The molecule has 134 valence electrons. The molecule has 1 aliphatic rings. The molecule has 2 rings (SSSR count). The maximum Gasteiger partial charge on any atom is 0.215 e. The normalized spacial score (nSPS) is 15.8. The Hall–Kier alpha value is -1.58. The lowest BCUT2D eigenvalue weighted by atomic mass is 9.79. The van der Waals surface area contributed by atoms with Gasteiger partial charge in [-0.3, -0.25) is 4.79 Å². The standard InChI is InChI=1S/C20H23Cl2NO2/c1-19(2,3)13-7-11(8-14(17(13)24)20(4,5)6)23-12-9-15(21)18(25)16(22)10-12/h7-10,24H,1-6H3/p-1. The smallest absolute Gasteiger partial charge is 0.215 e. The maximum absolute atomic E-state index is 12.9. The van der Waals surface area contributed by atoms with Crippen LogP contribution in [0.5, 0.6) is 5.75 Å². The van der Waals surface area contributed by atoms with Gasteiger partial charge in [0.05, 0.1) is 21.5 Å². The quantitative estimate of drug-likeness (QED) is 0.626. The second-order valence-electron chi connectivity index (χ2n) is 8.22. The van der Waals surface area contributed by atoms with Crippen molar-refractivity contribution < 1.29 is 9.90 Å². The van der Waals surface area contributed by atoms with Gasteiger partial charge in [0.25, 0.3) is 0 Å². The molecule has 3 nitrogen and oxygen atoms in total. The molecule has 25 heavy (non-hydrogen) atoms. The van der Waals surface area contributed by atoms with Crippen molar-refractivity contribution in [2.45, 2.75) is 52.4 Å². The molecule has 0 spiro atoms. The first kappa shape index (κ1) is 19.7. The van der Waals surface area contributed by atoms with Crippen molar-refractivity contribution in [3.63, 3.8) is 0 Å². The lowest BCUT2D eigenvalue weighted by Crippen LogP contribution is -2.20. The Labute approximate surface area is 159 Å². The number of Topliss-reactive ketones (excluding diaryl/α,β-unsaturated/α-hetero) is 1. The van der Waals surface area contributed by atoms with Crippen LogP contribution in [0.15, 0.2) is 39.3 Å². The van der Waals surface area contributed by atoms with Crippen molar-refractivity contribution in [3.05, 3.63) is 45.5 Å². The number of ketones is 1. The summed E-state index contributed by atoms with van der Waals surface area (Å²) in [5.41, 5.74) is 1.91. The Morgan fingerprint density at radius 1 is 0.880 bits per heavy atom. The van der Waals surface area contributed by atoms with Crippen LogP contribution >= 0.6 is 23.2 Å². The molecule has 0 aromatic heterocycles. The van der Waals surface area contributed by atoms with E-state index in [-0.39, 0.29) is 26.6 Å². The zero-order chi connectivity index (χ0) is 19.2. The molecule has 1 aliphatic carbocycles. The van der Waals surface area contributed by atoms with Gasteiger partial charge in [-0.05, 0) is 46.2 Å². The van der Waals surface area contributed by atoms with Crippen molar-refractivity contribution in [3.8, 4) is 5.75 Å². The highest BCUT2D eigenvalue weighted by molar-refractivity contribution is 6.57. The van der Waals surface area contributed by atoms with Crippen LogP contribution in [0.4, 0.5) is 5.69 Å². The highest BCUT2D eigenvalue weighted by Gasteiger charge is 2.23. The number of hydrogen-bond acceptors (Lipinski definition) is 3. The van der Waals surface area contributed by atoms with E-state index in [1.165, 1.54) is 12.2 Å². The molecule has 0 bridgehead atoms. The van der Waals surface area contributed by atoms with Crippen molar-refractivity contribution >= 4 is 40.4 Å². The maximum atomic E-state index is 12.9. The van der Waals surface area contributed by atoms with Crippen LogP contribution < -0.4 is 5.11 Å². The van der Waals surface area contributed by atoms with Gasteiger partial charge < -0.3 is 5.11 Å². The second kappa shape index (κ2) is 6.62. The van der Waals surface area contributed by atoms with Gasteiger partial charge >= 0.3 is 0 Å². The summed E-state index contributed by atoms with van der Waals surface area (Å²) in [5.74, 6) is -0.368. The molecular formula is C20H22Cl2NO2-. The topological polar surface area (TPSA) is 52.5 Å². The average Bonchev–Trinajstić information content (AvgIpc) is 2.44. The van der Waals surface area contributed by atoms with Crippen LogP contribution in [0.2, 0.25) is 0 Å². The largest absolute Gasteiger partial charge is 0.872 e. The molecule has 0 N–H and O–H groups in total. The SMILES string of the molecule is CC(C)(C)c1cc(N=C2C=C(Cl)C(=O)C(Cl)=C2)cc(C(C)(C)C)c1[O-]. The molecule has 0 fully saturated rings. The van der Waals surface area contributed by atoms with Gasteiger partial charge in [-0.25, -0.2) is 4.99 Å². The van der Waals surface area contributed by atoms with E-state index in [1.807, 2.05) is 41.5 Å². The summed E-state index contributed by atoms with van der Waals surface area (Å²) in [7, 11) is 0. The Morgan fingerprint density at radius 3 is 1.64 bits per heavy atom. The van der Waals surface area contributed by atoms with Crippen molar-refractivity contribution in [2.24, 2.45) is 4.99 Å². The van der Waals surface area contributed by atoms with E-state index < -0.39 is 5.78 Å². The zero-order valence-corrected chi connectivity index (χ0v) is 16.8. The van der Waals surface area contributed by atoms with E-state index in [1.54, 1.807) is 12.1 Å². The van der Waals surface area contributed by atoms with Crippen molar-refractivity contribution in [1.29, 1.82) is 0 Å². The molecule has 0 saturated heterocycles. The van der Waals surface area contributed by atoms with Gasteiger partial charge in [0.15, 0.2) is 0 Å². The summed E-state index contributed by atoms with van der Waals surface area (Å²) in [4.78, 5) is 16.2. The zero-order valence-electron chi connectivity index (χ0n) is 15.3. The number of benzene rings is 1. The number of halogens is 2. The highest BCUT2D eigenvalue weighted by Crippen LogP contribution is 2.40. The Balaban J connectivity index is 2.67. The minimum atomic E-state index is -0.414. The number of carbonyl (C=O) groups excluding carboxylic acids is 1. The first-order valence-corrected chi connectivity index (χ1v) is 8.80. The molecule has 0 aliphatic heterocycles. The van der Waals surface area contributed by atoms with Gasteiger partial charge in [-0.15, -0.1) is 5.75 Å². The summed E-state index contributed by atoms with van der Waals surface area (Å²) in [6.45, 7) is 12.0. The van der Waals surface area contributed by atoms with Crippen LogP contribution in [0.3, 0.4) is 0 Å². The number of carbonyl (C=O) groups is 1. The Morgan fingerprint density at radius 2 is 1.28 bits per heavy atom. The highest BCUT2D eigenvalue weighted by atomic mass is 35.5. The molecule has 0 heterocycles. The summed E-state index contributed by atoms with van der Waals surface area (Å²) in [5, 5.41) is 12.9. The first-order valence-electron chi connectivity index (χ1n) is 8.04. The van der Waals surface area contributed by atoms with Crippen LogP contribution in [0, 0.1) is 0 Å². The summed E-state index contributed by atoms with van der Waals surface area (Å²) in [6.07, 6.45) is 2.96. The molecule has 5 heteroatoms. The number of allylic oxidation sites excluding steroid dienone is 4. The van der Waals surface area contributed by atoms with E-state index >= 15 is 0 Å². The molecule has 1 aromatic rings. The fourth-order valence-corrected chi connectivity index (χ4v) is 3.03. The molecule has 0 atom stereocenters. The van der Waals surface area contributed by atoms with Gasteiger partial charge in [0.1, 0.15) is 0 Å². The third kappa shape index (κ3) is 4.34. The van der Waals surface area contributed by atoms with E-state index in [4.69, 9.17) is 23.2 Å². The van der Waals surface area contributed by atoms with Crippen LogP contribution in [-0.2, 0) is 15.6 Å². The lowest BCUT2D eigenvalue weighted by molar-refractivity contribution is -0.271. The molecule has 0 saturated carbocycles. The van der Waals surface area contributed by atoms with Crippen LogP contribution in [-0.4, -0.2) is 11.5 Å². The monoisotopic (exact) mass is 378 g/mol. The molecule has 0 unspecified atom stereocenters. The van der Waals surface area contributed by atoms with Crippen LogP contribution in [0.1, 0.15) is 52.7 Å². The summed E-state index contributed by atoms with van der Waals surface area (Å²) in [6, 6.07) is 3.59. The summed E-state index contributed by atoms with van der Waals surface area (Å²) >= 11 is 11.8. The van der Waals surface area contributed by atoms with Gasteiger partial charge in [-0.1, -0.05) is 64.7 Å². The number of rotatable bonds is 1. The number of aliphatic imine (C=N–C) groups is 1. The number of nitrogens with zero attached hydrogens (tertiary/aromatic N) is 1. The van der Waals surface area contributed by atoms with Gasteiger partial charge in [0, 0.05) is 0 Å². The van der Waals surface area contributed by atoms with E-state index in [2.05, 4.69) is 4.99 Å². The fraction of sp³-hybridized carbons (Fsp3) is 0.400. The molecule has 1 aromatic carbocycles. The molecular weight excluding hydrogens is 357 g/mol. The molecule has 0 radical (unpaired) electrons. The fourth-order valence-electron chi connectivity index (χ4n) is 2.55. The van der Waals surface area contributed by atoms with E-state index in [9.17, 15) is 9.90 Å². The molecule has 0 amide bonds. The Bertz CT molecular complexity index is 760. The average molecular weight is 379 g/mol. The Kier molecular flexibility index (Phi) is 5.23. The predicted molar refractivity (Wildman–Crippen MR) is 103 cm³/mol. The summed E-state index contributed by atoms with van der Waals surface area (Å²) < 4.78 is 0. The third-order valence-corrected chi connectivity index (χ3v) is 4.49. The first-order chi connectivity index (χ1) is 11.3. The van der Waals surface area contributed by atoms with E-state index in [0.717, 1.165) is 0 Å². The van der Waals surface area contributed by atoms with E-state index in [0.29, 0.717) is 22.5 Å². The second-order valence-corrected chi connectivity index (χ2v) is 9.03.